The average Bonchev–Trinajstić information content (AvgIpc) is 2.57. The number of rotatable bonds is 8. The van der Waals surface area contributed by atoms with E-state index in [4.69, 9.17) is 4.74 Å². The molecule has 1 amide bonds. The molecule has 0 unspecified atom stereocenters. The highest BCUT2D eigenvalue weighted by Crippen LogP contribution is 2.18. The lowest BCUT2D eigenvalue weighted by molar-refractivity contribution is -0.385. The van der Waals surface area contributed by atoms with Gasteiger partial charge in [-0.2, -0.15) is 0 Å². The van der Waals surface area contributed by atoms with E-state index in [9.17, 15) is 24.5 Å². The van der Waals surface area contributed by atoms with Gasteiger partial charge >= 0.3 is 11.9 Å². The first kappa shape index (κ1) is 20.1. The van der Waals surface area contributed by atoms with Gasteiger partial charge in [0.2, 0.25) is 0 Å². The maximum atomic E-state index is 11.9. The Kier molecular flexibility index (Phi) is 7.51. The van der Waals surface area contributed by atoms with Gasteiger partial charge in [-0.15, -0.1) is 0 Å². The van der Waals surface area contributed by atoms with E-state index in [1.54, 1.807) is 0 Å². The third kappa shape index (κ3) is 6.21. The molecular weight excluding hydrogens is 332 g/mol. The van der Waals surface area contributed by atoms with Crippen LogP contribution in [0.25, 0.3) is 0 Å². The lowest BCUT2D eigenvalue weighted by atomic mass is 10.0. The van der Waals surface area contributed by atoms with Gasteiger partial charge in [0.05, 0.1) is 12.0 Å². The monoisotopic (exact) mass is 352 g/mol. The summed E-state index contributed by atoms with van der Waals surface area (Å²) in [6.45, 7) is 3.07. The van der Waals surface area contributed by atoms with Gasteiger partial charge in [-0.3, -0.25) is 14.9 Å². The van der Waals surface area contributed by atoms with Crippen molar-refractivity contribution in [3.63, 3.8) is 0 Å². The zero-order valence-corrected chi connectivity index (χ0v) is 14.2. The number of hydrogen-bond acceptors (Lipinski definition) is 7. The van der Waals surface area contributed by atoms with E-state index < -0.39 is 41.1 Å². The summed E-state index contributed by atoms with van der Waals surface area (Å²) >= 11 is 0. The van der Waals surface area contributed by atoms with Crippen LogP contribution in [0, 0.1) is 16.0 Å². The molecule has 1 N–H and O–H groups in total. The van der Waals surface area contributed by atoms with Crippen LogP contribution in [0.4, 0.5) is 5.69 Å². The van der Waals surface area contributed by atoms with Crippen LogP contribution in [-0.2, 0) is 19.1 Å². The molecule has 1 rings (SSSR count). The number of nitro groups is 1. The number of amides is 1. The molecule has 0 aliphatic heterocycles. The average molecular weight is 352 g/mol. The first-order chi connectivity index (χ1) is 11.8. The number of para-hydroxylation sites is 1. The summed E-state index contributed by atoms with van der Waals surface area (Å²) in [4.78, 5) is 45.6. The number of ether oxygens (including phenoxy) is 2. The van der Waals surface area contributed by atoms with Gasteiger partial charge < -0.3 is 14.8 Å². The van der Waals surface area contributed by atoms with Gasteiger partial charge in [0.15, 0.2) is 6.61 Å². The van der Waals surface area contributed by atoms with Crippen LogP contribution in [0.5, 0.6) is 0 Å². The maximum Gasteiger partial charge on any atom is 0.345 e. The molecule has 0 spiro atoms. The second-order valence-corrected chi connectivity index (χ2v) is 5.62. The molecule has 0 radical (unpaired) electrons. The second kappa shape index (κ2) is 9.36. The van der Waals surface area contributed by atoms with E-state index in [1.807, 2.05) is 13.8 Å². The van der Waals surface area contributed by atoms with E-state index in [-0.39, 0.29) is 11.5 Å². The number of nitro benzene ring substituents is 1. The summed E-state index contributed by atoms with van der Waals surface area (Å²) in [6, 6.07) is 4.39. The Bertz CT molecular complexity index is 658. The summed E-state index contributed by atoms with van der Waals surface area (Å²) in [5.41, 5.74) is -0.674. The van der Waals surface area contributed by atoms with Gasteiger partial charge in [0, 0.05) is 6.07 Å². The molecule has 1 atom stereocenters. The third-order valence-corrected chi connectivity index (χ3v) is 3.18. The minimum atomic E-state index is -0.999. The molecular formula is C16H20N2O7. The quantitative estimate of drug-likeness (QED) is 0.426. The minimum Gasteiger partial charge on any atom is -0.467 e. The molecule has 0 heterocycles. The summed E-state index contributed by atoms with van der Waals surface area (Å²) in [6.07, 6.45) is 0.358. The molecule has 9 heteroatoms. The van der Waals surface area contributed by atoms with E-state index >= 15 is 0 Å². The predicted molar refractivity (Wildman–Crippen MR) is 86.8 cm³/mol. The fourth-order valence-corrected chi connectivity index (χ4v) is 2.08. The van der Waals surface area contributed by atoms with Crippen molar-refractivity contribution in [1.82, 2.24) is 5.32 Å². The van der Waals surface area contributed by atoms with Crippen LogP contribution in [0.1, 0.15) is 30.6 Å². The third-order valence-electron chi connectivity index (χ3n) is 3.18. The van der Waals surface area contributed by atoms with Gasteiger partial charge in [-0.05, 0) is 18.4 Å². The van der Waals surface area contributed by atoms with Crippen molar-refractivity contribution in [2.75, 3.05) is 13.7 Å². The predicted octanol–water partition coefficient (Wildman–Crippen LogP) is 1.46. The number of methoxy groups -OCH3 is 1. The van der Waals surface area contributed by atoms with Crippen molar-refractivity contribution in [1.29, 1.82) is 0 Å². The SMILES string of the molecule is COC(=O)[C@@H](CC(C)C)NC(=O)COC(=O)c1ccccc1[N+](=O)[O-]. The van der Waals surface area contributed by atoms with Gasteiger partial charge in [0.25, 0.3) is 11.6 Å². The molecule has 0 saturated carbocycles. The highest BCUT2D eigenvalue weighted by Gasteiger charge is 2.24. The van der Waals surface area contributed by atoms with E-state index in [0.29, 0.717) is 6.42 Å². The molecule has 1 aromatic carbocycles. The van der Waals surface area contributed by atoms with Crippen LogP contribution < -0.4 is 5.32 Å². The van der Waals surface area contributed by atoms with Crippen molar-refractivity contribution in [3.8, 4) is 0 Å². The summed E-state index contributed by atoms with van der Waals surface area (Å²) in [5, 5.41) is 13.3. The lowest BCUT2D eigenvalue weighted by Crippen LogP contribution is -2.44. The van der Waals surface area contributed by atoms with Crippen molar-refractivity contribution in [2.45, 2.75) is 26.3 Å². The Labute approximate surface area is 144 Å². The fraction of sp³-hybridized carbons (Fsp3) is 0.438. The summed E-state index contributed by atoms with van der Waals surface area (Å²) in [7, 11) is 1.20. The second-order valence-electron chi connectivity index (χ2n) is 5.62. The number of hydrogen-bond donors (Lipinski definition) is 1. The summed E-state index contributed by atoms with van der Waals surface area (Å²) in [5.74, 6) is -2.19. The Hall–Kier alpha value is -2.97. The zero-order valence-electron chi connectivity index (χ0n) is 14.2. The van der Waals surface area contributed by atoms with Crippen LogP contribution in [0.3, 0.4) is 0 Å². The van der Waals surface area contributed by atoms with Crippen molar-refractivity contribution in [2.24, 2.45) is 5.92 Å². The maximum absolute atomic E-state index is 11.9. The van der Waals surface area contributed by atoms with Crippen LogP contribution in [0.15, 0.2) is 24.3 Å². The fourth-order valence-electron chi connectivity index (χ4n) is 2.08. The number of nitrogens with zero attached hydrogens (tertiary/aromatic N) is 1. The Morgan fingerprint density at radius 1 is 1.24 bits per heavy atom. The van der Waals surface area contributed by atoms with Crippen LogP contribution in [-0.4, -0.2) is 42.5 Å². The van der Waals surface area contributed by atoms with Crippen molar-refractivity contribution in [3.05, 3.63) is 39.9 Å². The molecule has 0 aliphatic carbocycles. The molecule has 0 aliphatic rings. The molecule has 136 valence electrons. The van der Waals surface area contributed by atoms with Crippen molar-refractivity contribution >= 4 is 23.5 Å². The Morgan fingerprint density at radius 3 is 2.44 bits per heavy atom. The highest BCUT2D eigenvalue weighted by atomic mass is 16.6. The largest absolute Gasteiger partial charge is 0.467 e. The van der Waals surface area contributed by atoms with Gasteiger partial charge in [-0.1, -0.05) is 26.0 Å². The van der Waals surface area contributed by atoms with Crippen LogP contribution >= 0.6 is 0 Å². The van der Waals surface area contributed by atoms with Gasteiger partial charge in [0.1, 0.15) is 11.6 Å². The standard InChI is InChI=1S/C16H20N2O7/c1-10(2)8-12(16(21)24-3)17-14(19)9-25-15(20)11-6-4-5-7-13(11)18(22)23/h4-7,10,12H,8-9H2,1-3H3,(H,17,19)/t12-/m1/s1. The minimum absolute atomic E-state index is 0.124. The van der Waals surface area contributed by atoms with E-state index in [1.165, 1.54) is 25.3 Å². The first-order valence-corrected chi connectivity index (χ1v) is 7.54. The molecule has 0 bridgehead atoms. The molecule has 0 aromatic heterocycles. The number of benzene rings is 1. The van der Waals surface area contributed by atoms with Gasteiger partial charge in [-0.25, -0.2) is 9.59 Å². The topological polar surface area (TPSA) is 125 Å². The number of esters is 2. The highest BCUT2D eigenvalue weighted by molar-refractivity contribution is 5.95. The zero-order chi connectivity index (χ0) is 19.0. The number of nitrogens with one attached hydrogen (secondary N) is 1. The smallest absolute Gasteiger partial charge is 0.345 e. The normalized spacial score (nSPS) is 11.5. The van der Waals surface area contributed by atoms with E-state index in [0.717, 1.165) is 6.07 Å². The van der Waals surface area contributed by atoms with Crippen molar-refractivity contribution < 1.29 is 28.8 Å². The van der Waals surface area contributed by atoms with Crippen LogP contribution in [0.2, 0.25) is 0 Å². The molecule has 0 saturated heterocycles. The number of carbonyl (C=O) groups is 3. The molecule has 9 nitrogen and oxygen atoms in total. The lowest BCUT2D eigenvalue weighted by Gasteiger charge is -2.18. The molecule has 1 aromatic rings. The summed E-state index contributed by atoms with van der Waals surface area (Å²) < 4.78 is 9.41. The number of carbonyl (C=O) groups excluding carboxylic acids is 3. The first-order valence-electron chi connectivity index (χ1n) is 7.54. The Morgan fingerprint density at radius 2 is 1.88 bits per heavy atom. The molecule has 25 heavy (non-hydrogen) atoms. The molecule has 0 fully saturated rings. The van der Waals surface area contributed by atoms with E-state index in [2.05, 4.69) is 10.1 Å². The Balaban J connectivity index is 2.68.